The Morgan fingerprint density at radius 3 is 2.54 bits per heavy atom. The Kier molecular flexibility index (Phi) is 6.96. The number of benzene rings is 1. The highest BCUT2D eigenvalue weighted by atomic mass is 16.5. The van der Waals surface area contributed by atoms with Gasteiger partial charge in [0.05, 0.1) is 7.11 Å². The summed E-state index contributed by atoms with van der Waals surface area (Å²) in [6, 6.07) is 5.54. The van der Waals surface area contributed by atoms with Crippen LogP contribution in [0, 0.1) is 13.8 Å². The van der Waals surface area contributed by atoms with Crippen LogP contribution in [0.5, 0.6) is 5.75 Å². The van der Waals surface area contributed by atoms with E-state index in [9.17, 15) is 5.11 Å². The van der Waals surface area contributed by atoms with Crippen molar-refractivity contribution >= 4 is 0 Å². The molecule has 0 amide bonds. The van der Waals surface area contributed by atoms with Gasteiger partial charge in [0, 0.05) is 44.9 Å². The van der Waals surface area contributed by atoms with Gasteiger partial charge in [0.2, 0.25) is 0 Å². The Morgan fingerprint density at radius 2 is 1.85 bits per heavy atom. The van der Waals surface area contributed by atoms with Gasteiger partial charge in [-0.15, -0.1) is 0 Å². The predicted molar refractivity (Wildman–Crippen MR) is 107 cm³/mol. The van der Waals surface area contributed by atoms with Crippen molar-refractivity contribution in [3.05, 3.63) is 28.8 Å². The second-order valence-corrected chi connectivity index (χ2v) is 8.10. The molecule has 4 heteroatoms. The van der Waals surface area contributed by atoms with E-state index in [0.29, 0.717) is 6.04 Å². The summed E-state index contributed by atoms with van der Waals surface area (Å²) >= 11 is 0. The van der Waals surface area contributed by atoms with Crippen LogP contribution in [-0.4, -0.2) is 60.3 Å². The van der Waals surface area contributed by atoms with Crippen molar-refractivity contribution in [2.24, 2.45) is 0 Å². The maximum atomic E-state index is 9.60. The van der Waals surface area contributed by atoms with E-state index in [1.165, 1.54) is 55.3 Å². The molecule has 2 aliphatic rings. The fraction of sp³-hybridized carbons (Fsp3) is 0.727. The van der Waals surface area contributed by atoms with Gasteiger partial charge in [-0.25, -0.2) is 0 Å². The molecular formula is C22H36N2O2. The fourth-order valence-corrected chi connectivity index (χ4v) is 4.79. The van der Waals surface area contributed by atoms with Crippen LogP contribution in [0.15, 0.2) is 12.1 Å². The van der Waals surface area contributed by atoms with E-state index in [2.05, 4.69) is 35.8 Å². The fourth-order valence-electron chi connectivity index (χ4n) is 4.79. The Labute approximate surface area is 159 Å². The number of hydrogen-bond donors (Lipinski definition) is 1. The van der Waals surface area contributed by atoms with Crippen LogP contribution in [0.1, 0.15) is 55.2 Å². The van der Waals surface area contributed by atoms with Crippen molar-refractivity contribution < 1.29 is 9.84 Å². The van der Waals surface area contributed by atoms with Crippen molar-refractivity contribution in [1.29, 1.82) is 0 Å². The Hall–Kier alpha value is -1.10. The van der Waals surface area contributed by atoms with Gasteiger partial charge in [-0.2, -0.15) is 0 Å². The highest BCUT2D eigenvalue weighted by Gasteiger charge is 2.31. The normalized spacial score (nSPS) is 23.3. The standard InChI is InChI=1S/C22H36N2O2/c1-17-18(2)22(26-3)10-9-19(17)15-23-12-13-24(16-21(23)11-14-25)20-7-5-4-6-8-20/h9-10,20-21,25H,4-8,11-16H2,1-3H3/t21-/m0/s1. The minimum atomic E-state index is 0.278. The largest absolute Gasteiger partial charge is 0.496 e. The number of hydrogen-bond acceptors (Lipinski definition) is 4. The molecule has 146 valence electrons. The molecule has 1 aromatic carbocycles. The molecule has 0 radical (unpaired) electrons. The summed E-state index contributed by atoms with van der Waals surface area (Å²) in [7, 11) is 1.74. The molecule has 1 aromatic rings. The van der Waals surface area contributed by atoms with Gasteiger partial charge in [-0.05, 0) is 55.9 Å². The van der Waals surface area contributed by atoms with Crippen LogP contribution >= 0.6 is 0 Å². The van der Waals surface area contributed by atoms with Crippen LogP contribution in [0.2, 0.25) is 0 Å². The lowest BCUT2D eigenvalue weighted by atomic mass is 9.92. The number of nitrogens with zero attached hydrogens (tertiary/aromatic N) is 2. The van der Waals surface area contributed by atoms with E-state index in [1.807, 2.05) is 0 Å². The van der Waals surface area contributed by atoms with Gasteiger partial charge in [0.1, 0.15) is 5.75 Å². The molecule has 0 aromatic heterocycles. The second kappa shape index (κ2) is 9.20. The van der Waals surface area contributed by atoms with E-state index in [4.69, 9.17) is 4.74 Å². The quantitative estimate of drug-likeness (QED) is 0.842. The van der Waals surface area contributed by atoms with Gasteiger partial charge in [0.15, 0.2) is 0 Å². The van der Waals surface area contributed by atoms with Gasteiger partial charge in [-0.1, -0.05) is 25.3 Å². The zero-order valence-electron chi connectivity index (χ0n) is 16.8. The lowest BCUT2D eigenvalue weighted by Gasteiger charge is -2.45. The molecular weight excluding hydrogens is 324 g/mol. The van der Waals surface area contributed by atoms with Crippen LogP contribution in [0.3, 0.4) is 0 Å². The van der Waals surface area contributed by atoms with E-state index >= 15 is 0 Å². The van der Waals surface area contributed by atoms with Crippen molar-refractivity contribution in [3.63, 3.8) is 0 Å². The molecule has 26 heavy (non-hydrogen) atoms. The minimum absolute atomic E-state index is 0.278. The van der Waals surface area contributed by atoms with Crippen molar-refractivity contribution in [1.82, 2.24) is 9.80 Å². The molecule has 0 unspecified atom stereocenters. The second-order valence-electron chi connectivity index (χ2n) is 8.10. The summed E-state index contributed by atoms with van der Waals surface area (Å²) in [4.78, 5) is 5.30. The average molecular weight is 361 g/mol. The summed E-state index contributed by atoms with van der Waals surface area (Å²) in [6.07, 6.45) is 7.79. The number of aliphatic hydroxyl groups excluding tert-OH is 1. The maximum Gasteiger partial charge on any atom is 0.122 e. The summed E-state index contributed by atoms with van der Waals surface area (Å²) in [5.74, 6) is 0.972. The van der Waals surface area contributed by atoms with Crippen LogP contribution < -0.4 is 4.74 Å². The lowest BCUT2D eigenvalue weighted by Crippen LogP contribution is -2.56. The molecule has 1 atom stereocenters. The topological polar surface area (TPSA) is 35.9 Å². The molecule has 1 N–H and O–H groups in total. The SMILES string of the molecule is COc1ccc(CN2CCN(C3CCCCC3)C[C@@H]2CCO)c(C)c1C. The molecule has 1 saturated carbocycles. The number of aliphatic hydroxyl groups is 1. The van der Waals surface area contributed by atoms with Gasteiger partial charge >= 0.3 is 0 Å². The molecule has 1 saturated heterocycles. The molecule has 3 rings (SSSR count). The van der Waals surface area contributed by atoms with Gasteiger partial charge < -0.3 is 9.84 Å². The van der Waals surface area contributed by atoms with Gasteiger partial charge in [0.25, 0.3) is 0 Å². The third-order valence-electron chi connectivity index (χ3n) is 6.63. The molecule has 4 nitrogen and oxygen atoms in total. The minimum Gasteiger partial charge on any atom is -0.496 e. The summed E-state index contributed by atoms with van der Waals surface area (Å²) in [5.41, 5.74) is 3.96. The molecule has 0 bridgehead atoms. The van der Waals surface area contributed by atoms with E-state index in [-0.39, 0.29) is 6.61 Å². The zero-order chi connectivity index (χ0) is 18.5. The first-order chi connectivity index (χ1) is 12.6. The third-order valence-corrected chi connectivity index (χ3v) is 6.63. The van der Waals surface area contributed by atoms with Crippen LogP contribution in [-0.2, 0) is 6.54 Å². The van der Waals surface area contributed by atoms with E-state index in [1.54, 1.807) is 7.11 Å². The van der Waals surface area contributed by atoms with E-state index < -0.39 is 0 Å². The molecule has 1 heterocycles. The van der Waals surface area contributed by atoms with Crippen LogP contribution in [0.25, 0.3) is 0 Å². The predicted octanol–water partition coefficient (Wildman–Crippen LogP) is 3.51. The summed E-state index contributed by atoms with van der Waals surface area (Å²) in [5, 5.41) is 9.60. The first-order valence-corrected chi connectivity index (χ1v) is 10.4. The number of ether oxygens (including phenoxy) is 1. The van der Waals surface area contributed by atoms with Crippen LogP contribution in [0.4, 0.5) is 0 Å². The zero-order valence-corrected chi connectivity index (χ0v) is 16.8. The maximum absolute atomic E-state index is 9.60. The number of methoxy groups -OCH3 is 1. The first-order valence-electron chi connectivity index (χ1n) is 10.4. The molecule has 1 aliphatic carbocycles. The number of piperazine rings is 1. The highest BCUT2D eigenvalue weighted by molar-refractivity contribution is 5.43. The Bertz CT molecular complexity index is 584. The average Bonchev–Trinajstić information content (AvgIpc) is 2.68. The van der Waals surface area contributed by atoms with Crippen molar-refractivity contribution in [2.45, 2.75) is 71.0 Å². The molecule has 1 aliphatic heterocycles. The van der Waals surface area contributed by atoms with Gasteiger partial charge in [-0.3, -0.25) is 9.80 Å². The summed E-state index contributed by atoms with van der Waals surface area (Å²) < 4.78 is 5.46. The Balaban J connectivity index is 1.68. The van der Waals surface area contributed by atoms with Crippen molar-refractivity contribution in [3.8, 4) is 5.75 Å². The lowest BCUT2D eigenvalue weighted by molar-refractivity contribution is 0.0221. The first kappa shape index (κ1) is 19.7. The molecule has 0 spiro atoms. The Morgan fingerprint density at radius 1 is 1.08 bits per heavy atom. The number of rotatable bonds is 6. The molecule has 2 fully saturated rings. The summed E-state index contributed by atoms with van der Waals surface area (Å²) in [6.45, 7) is 8.97. The third kappa shape index (κ3) is 4.41. The highest BCUT2D eigenvalue weighted by Crippen LogP contribution is 2.28. The smallest absolute Gasteiger partial charge is 0.122 e. The monoisotopic (exact) mass is 360 g/mol. The van der Waals surface area contributed by atoms with E-state index in [0.717, 1.165) is 37.8 Å². The van der Waals surface area contributed by atoms with Crippen molar-refractivity contribution in [2.75, 3.05) is 33.4 Å².